The summed E-state index contributed by atoms with van der Waals surface area (Å²) in [6.07, 6.45) is 1.81. The molecule has 3 aromatic rings. The number of carboxylic acids is 1. The molecule has 0 unspecified atom stereocenters. The zero-order valence-electron chi connectivity index (χ0n) is 17.1. The zero-order chi connectivity index (χ0) is 21.6. The lowest BCUT2D eigenvalue weighted by Crippen LogP contribution is -2.57. The van der Waals surface area contributed by atoms with E-state index in [4.69, 9.17) is 4.74 Å². The standard InChI is InChI=1S/C24H23N3O4/c1-27-11-10-21(26-27)24(12-15(13-24)22(28)29)25-23(30)31-14-20-18-8-4-2-6-16(18)17-7-3-5-9-19(17)20/h2-11,15,20H,12-14H2,1H3,(H,25,30)(H,28,29). The number of alkyl carbamates (subject to hydrolysis) is 1. The van der Waals surface area contributed by atoms with Crippen molar-refractivity contribution >= 4 is 12.1 Å². The Morgan fingerprint density at radius 1 is 1.10 bits per heavy atom. The summed E-state index contributed by atoms with van der Waals surface area (Å²) in [4.78, 5) is 24.1. The lowest BCUT2D eigenvalue weighted by Gasteiger charge is -2.44. The first kappa shape index (κ1) is 19.4. The third kappa shape index (κ3) is 3.26. The van der Waals surface area contributed by atoms with E-state index in [0.29, 0.717) is 18.5 Å². The van der Waals surface area contributed by atoms with Gasteiger partial charge in [-0.3, -0.25) is 9.48 Å². The first-order valence-corrected chi connectivity index (χ1v) is 10.3. The molecule has 0 radical (unpaired) electrons. The molecule has 2 aliphatic carbocycles. The fraction of sp³-hybridized carbons (Fsp3) is 0.292. The van der Waals surface area contributed by atoms with Crippen molar-refractivity contribution in [3.05, 3.63) is 77.6 Å². The molecule has 1 fully saturated rings. The summed E-state index contributed by atoms with van der Waals surface area (Å²) in [5, 5.41) is 16.6. The van der Waals surface area contributed by atoms with E-state index in [1.807, 2.05) is 30.3 Å². The van der Waals surface area contributed by atoms with E-state index in [1.165, 1.54) is 11.1 Å². The normalized spacial score (nSPS) is 21.6. The first-order chi connectivity index (χ1) is 15.0. The van der Waals surface area contributed by atoms with Gasteiger partial charge in [0.25, 0.3) is 0 Å². The van der Waals surface area contributed by atoms with Gasteiger partial charge in [0.2, 0.25) is 0 Å². The fourth-order valence-corrected chi connectivity index (χ4v) is 4.83. The highest BCUT2D eigenvalue weighted by atomic mass is 16.5. The van der Waals surface area contributed by atoms with Gasteiger partial charge >= 0.3 is 12.1 Å². The average Bonchev–Trinajstić information content (AvgIpc) is 3.30. The lowest BCUT2D eigenvalue weighted by molar-refractivity contribution is -0.148. The summed E-state index contributed by atoms with van der Waals surface area (Å²) in [7, 11) is 1.79. The van der Waals surface area contributed by atoms with Gasteiger partial charge in [-0.25, -0.2) is 4.79 Å². The molecule has 0 atom stereocenters. The number of carboxylic acid groups (broad SMARTS) is 1. The Morgan fingerprint density at radius 3 is 2.26 bits per heavy atom. The van der Waals surface area contributed by atoms with Gasteiger partial charge in [-0.15, -0.1) is 0 Å². The number of benzene rings is 2. The number of ether oxygens (including phenoxy) is 1. The molecule has 31 heavy (non-hydrogen) atoms. The molecule has 2 aliphatic rings. The Hall–Kier alpha value is -3.61. The molecule has 158 valence electrons. The number of carbonyl (C=O) groups is 2. The molecule has 0 aliphatic heterocycles. The van der Waals surface area contributed by atoms with Crippen molar-refractivity contribution in [2.75, 3.05) is 6.61 Å². The number of rotatable bonds is 5. The molecule has 1 saturated carbocycles. The molecule has 1 aromatic heterocycles. The molecule has 7 heteroatoms. The molecule has 2 aromatic carbocycles. The van der Waals surface area contributed by atoms with E-state index in [2.05, 4.69) is 34.7 Å². The summed E-state index contributed by atoms with van der Waals surface area (Å²) >= 11 is 0. The van der Waals surface area contributed by atoms with Gasteiger partial charge in [-0.1, -0.05) is 48.5 Å². The predicted molar refractivity (Wildman–Crippen MR) is 113 cm³/mol. The summed E-state index contributed by atoms with van der Waals surface area (Å²) in [6.45, 7) is 0.209. The molecule has 5 rings (SSSR count). The largest absolute Gasteiger partial charge is 0.481 e. The highest BCUT2D eigenvalue weighted by molar-refractivity contribution is 5.79. The molecular weight excluding hydrogens is 394 g/mol. The second-order valence-electron chi connectivity index (χ2n) is 8.35. The van der Waals surface area contributed by atoms with Crippen molar-refractivity contribution in [1.82, 2.24) is 15.1 Å². The summed E-state index contributed by atoms with van der Waals surface area (Å²) < 4.78 is 7.31. The lowest BCUT2D eigenvalue weighted by atomic mass is 9.66. The predicted octanol–water partition coefficient (Wildman–Crippen LogP) is 3.65. The van der Waals surface area contributed by atoms with Crippen LogP contribution >= 0.6 is 0 Å². The minimum Gasteiger partial charge on any atom is -0.481 e. The molecular formula is C24H23N3O4. The van der Waals surface area contributed by atoms with Crippen molar-refractivity contribution in [2.24, 2.45) is 13.0 Å². The van der Waals surface area contributed by atoms with Crippen molar-refractivity contribution in [3.8, 4) is 11.1 Å². The third-order valence-electron chi connectivity index (χ3n) is 6.43. The molecule has 1 heterocycles. The number of hydrogen-bond donors (Lipinski definition) is 2. The van der Waals surface area contributed by atoms with Crippen LogP contribution in [0.4, 0.5) is 4.79 Å². The number of nitrogens with one attached hydrogen (secondary N) is 1. The van der Waals surface area contributed by atoms with Crippen LogP contribution in [-0.4, -0.2) is 33.6 Å². The number of aliphatic carboxylic acids is 1. The van der Waals surface area contributed by atoms with E-state index < -0.39 is 23.5 Å². The van der Waals surface area contributed by atoms with Gasteiger partial charge in [0, 0.05) is 19.2 Å². The monoisotopic (exact) mass is 417 g/mol. The highest BCUT2D eigenvalue weighted by Gasteiger charge is 2.51. The van der Waals surface area contributed by atoms with E-state index in [9.17, 15) is 14.7 Å². The van der Waals surface area contributed by atoms with E-state index in [0.717, 1.165) is 11.1 Å². The molecule has 7 nitrogen and oxygen atoms in total. The van der Waals surface area contributed by atoms with Gasteiger partial charge in [-0.05, 0) is 41.2 Å². The smallest absolute Gasteiger partial charge is 0.407 e. The topological polar surface area (TPSA) is 93.5 Å². The van der Waals surface area contributed by atoms with Crippen LogP contribution < -0.4 is 5.32 Å². The van der Waals surface area contributed by atoms with Crippen LogP contribution in [-0.2, 0) is 22.1 Å². The minimum atomic E-state index is -0.860. The number of nitrogens with zero attached hydrogens (tertiary/aromatic N) is 2. The quantitative estimate of drug-likeness (QED) is 0.661. The second kappa shape index (κ2) is 7.27. The van der Waals surface area contributed by atoms with Crippen LogP contribution in [0.2, 0.25) is 0 Å². The van der Waals surface area contributed by atoms with Gasteiger partial charge < -0.3 is 15.2 Å². The van der Waals surface area contributed by atoms with Crippen molar-refractivity contribution < 1.29 is 19.4 Å². The van der Waals surface area contributed by atoms with Crippen LogP contribution in [0.1, 0.15) is 35.6 Å². The number of aromatic nitrogens is 2. The Bertz CT molecular complexity index is 1120. The number of fused-ring (bicyclic) bond motifs is 3. The Labute approximate surface area is 179 Å². The van der Waals surface area contributed by atoms with Crippen LogP contribution in [0.3, 0.4) is 0 Å². The third-order valence-corrected chi connectivity index (χ3v) is 6.43. The fourth-order valence-electron chi connectivity index (χ4n) is 4.83. The minimum absolute atomic E-state index is 0.0305. The number of carbonyl (C=O) groups excluding carboxylic acids is 1. The summed E-state index contributed by atoms with van der Waals surface area (Å²) in [6, 6.07) is 18.1. The molecule has 0 spiro atoms. The zero-order valence-corrected chi connectivity index (χ0v) is 17.1. The first-order valence-electron chi connectivity index (χ1n) is 10.3. The van der Waals surface area contributed by atoms with Crippen LogP contribution in [0.15, 0.2) is 60.8 Å². The van der Waals surface area contributed by atoms with Gasteiger partial charge in [0.1, 0.15) is 6.61 Å². The van der Waals surface area contributed by atoms with E-state index in [1.54, 1.807) is 17.9 Å². The van der Waals surface area contributed by atoms with Crippen molar-refractivity contribution in [3.63, 3.8) is 0 Å². The van der Waals surface area contributed by atoms with Crippen LogP contribution in [0.25, 0.3) is 11.1 Å². The maximum Gasteiger partial charge on any atom is 0.407 e. The van der Waals surface area contributed by atoms with Crippen molar-refractivity contribution in [1.29, 1.82) is 0 Å². The van der Waals surface area contributed by atoms with E-state index >= 15 is 0 Å². The maximum absolute atomic E-state index is 12.8. The Morgan fingerprint density at radius 2 is 1.71 bits per heavy atom. The highest BCUT2D eigenvalue weighted by Crippen LogP contribution is 2.46. The van der Waals surface area contributed by atoms with Crippen LogP contribution in [0.5, 0.6) is 0 Å². The van der Waals surface area contributed by atoms with Gasteiger partial charge in [-0.2, -0.15) is 5.10 Å². The Balaban J connectivity index is 1.32. The number of amides is 1. The van der Waals surface area contributed by atoms with Gasteiger partial charge in [0.15, 0.2) is 0 Å². The average molecular weight is 417 g/mol. The summed E-state index contributed by atoms with van der Waals surface area (Å²) in [5.74, 6) is -1.39. The van der Waals surface area contributed by atoms with Crippen LogP contribution in [0, 0.1) is 5.92 Å². The maximum atomic E-state index is 12.8. The summed E-state index contributed by atoms with van der Waals surface area (Å²) in [5.41, 5.74) is 4.46. The molecule has 0 bridgehead atoms. The molecule has 2 N–H and O–H groups in total. The number of aryl methyl sites for hydroxylation is 1. The number of hydrogen-bond acceptors (Lipinski definition) is 4. The second-order valence-corrected chi connectivity index (χ2v) is 8.35. The SMILES string of the molecule is Cn1ccc(C2(NC(=O)OCC3c4ccccc4-c4ccccc43)CC(C(=O)O)C2)n1. The van der Waals surface area contributed by atoms with E-state index in [-0.39, 0.29) is 12.5 Å². The van der Waals surface area contributed by atoms with Gasteiger partial charge in [0.05, 0.1) is 17.2 Å². The molecule has 0 saturated heterocycles. The van der Waals surface area contributed by atoms with Crippen molar-refractivity contribution in [2.45, 2.75) is 24.3 Å². The Kier molecular flexibility index (Phi) is 4.54. The molecule has 1 amide bonds.